The zero-order valence-electron chi connectivity index (χ0n) is 24.9. The fraction of sp³-hybridized carbons (Fsp3) is 0.625. The van der Waals surface area contributed by atoms with Crippen molar-refractivity contribution >= 4 is 11.9 Å². The Balaban J connectivity index is 3.03. The molecule has 1 aliphatic rings. The van der Waals surface area contributed by atoms with Crippen LogP contribution in [0, 0.1) is 17.8 Å². The quantitative estimate of drug-likeness (QED) is 0.234. The number of aliphatic hydroxyl groups is 6. The zero-order valence-corrected chi connectivity index (χ0v) is 24.9. The third kappa shape index (κ3) is 14.5. The molecule has 0 bridgehead atoms. The van der Waals surface area contributed by atoms with Crippen LogP contribution in [0.1, 0.15) is 65.7 Å². The van der Waals surface area contributed by atoms with Crippen LogP contribution in [0.3, 0.4) is 0 Å². The second-order valence-corrected chi connectivity index (χ2v) is 11.0. The van der Waals surface area contributed by atoms with Gasteiger partial charge in [-0.15, -0.1) is 0 Å². The predicted octanol–water partition coefficient (Wildman–Crippen LogP) is 2.58. The summed E-state index contributed by atoms with van der Waals surface area (Å²) >= 11 is 0. The van der Waals surface area contributed by atoms with Crippen molar-refractivity contribution in [2.45, 2.75) is 108 Å². The molecular weight excluding hydrogens is 544 g/mol. The van der Waals surface area contributed by atoms with Crippen LogP contribution in [0.4, 0.5) is 0 Å². The summed E-state index contributed by atoms with van der Waals surface area (Å²) in [5.74, 6) is -4.42. The molecule has 7 N–H and O–H groups in total. The number of aliphatic hydroxyl groups excluding tert-OH is 6. The number of allylic oxidation sites excluding steroid dienone is 8. The monoisotopic (exact) mass is 594 g/mol. The highest BCUT2D eigenvalue weighted by molar-refractivity contribution is 5.73. The van der Waals surface area contributed by atoms with E-state index in [0.717, 1.165) is 0 Å². The van der Waals surface area contributed by atoms with Crippen LogP contribution in [-0.4, -0.2) is 90.4 Å². The molecular formula is C32H50O10. The molecule has 0 radical (unpaired) electrons. The van der Waals surface area contributed by atoms with E-state index in [2.05, 4.69) is 0 Å². The van der Waals surface area contributed by atoms with Crippen molar-refractivity contribution in [3.8, 4) is 0 Å². The van der Waals surface area contributed by atoms with Crippen molar-refractivity contribution in [1.29, 1.82) is 0 Å². The van der Waals surface area contributed by atoms with E-state index in [4.69, 9.17) is 4.74 Å². The van der Waals surface area contributed by atoms with Gasteiger partial charge in [-0.2, -0.15) is 0 Å². The maximum Gasteiger partial charge on any atom is 0.312 e. The Hall–Kier alpha value is -2.60. The lowest BCUT2D eigenvalue weighted by molar-refractivity contribution is -0.159. The molecule has 10 nitrogen and oxygen atoms in total. The molecule has 0 saturated carbocycles. The van der Waals surface area contributed by atoms with Gasteiger partial charge in [0, 0.05) is 18.8 Å². The minimum Gasteiger partial charge on any atom is -0.481 e. The Kier molecular flexibility index (Phi) is 18.1. The van der Waals surface area contributed by atoms with Gasteiger partial charge in [-0.3, -0.25) is 9.59 Å². The van der Waals surface area contributed by atoms with E-state index in [9.17, 15) is 45.3 Å². The SMILES string of the molecule is CCC1C(=O)OC(C)C(C)C=CC=CC=CC=CC=CC(O)C(C(=O)O)C(O)CC(O)CCCC(O)CC(O)CC1O. The van der Waals surface area contributed by atoms with Gasteiger partial charge in [-0.05, 0) is 39.0 Å². The molecule has 0 aromatic carbocycles. The minimum atomic E-state index is -1.54. The zero-order chi connectivity index (χ0) is 31.7. The van der Waals surface area contributed by atoms with E-state index < -0.39 is 66.5 Å². The average molecular weight is 595 g/mol. The maximum absolute atomic E-state index is 12.8. The molecule has 0 spiro atoms. The van der Waals surface area contributed by atoms with Gasteiger partial charge in [0.25, 0.3) is 0 Å². The first-order valence-corrected chi connectivity index (χ1v) is 14.7. The van der Waals surface area contributed by atoms with E-state index in [-0.39, 0.29) is 38.0 Å². The molecule has 1 aliphatic heterocycles. The molecule has 0 fully saturated rings. The number of ether oxygens (including phenoxy) is 1. The van der Waals surface area contributed by atoms with Gasteiger partial charge >= 0.3 is 11.9 Å². The average Bonchev–Trinajstić information content (AvgIpc) is 2.88. The van der Waals surface area contributed by atoms with Crippen molar-refractivity contribution < 1.29 is 50.1 Å². The van der Waals surface area contributed by atoms with Crippen molar-refractivity contribution in [3.05, 3.63) is 60.8 Å². The summed E-state index contributed by atoms with van der Waals surface area (Å²) in [6.45, 7) is 5.42. The summed E-state index contributed by atoms with van der Waals surface area (Å²) in [5, 5.41) is 72.0. The number of carboxylic acids is 1. The Morgan fingerprint density at radius 1 is 0.762 bits per heavy atom. The number of rotatable bonds is 2. The summed E-state index contributed by atoms with van der Waals surface area (Å²) in [6.07, 6.45) is 9.65. The third-order valence-electron chi connectivity index (χ3n) is 7.46. The van der Waals surface area contributed by atoms with Gasteiger partial charge in [0.1, 0.15) is 12.0 Å². The first-order valence-electron chi connectivity index (χ1n) is 14.7. The van der Waals surface area contributed by atoms with E-state index in [0.29, 0.717) is 12.8 Å². The summed E-state index contributed by atoms with van der Waals surface area (Å²) < 4.78 is 5.59. The first kappa shape index (κ1) is 37.4. The van der Waals surface area contributed by atoms with Gasteiger partial charge in [-0.25, -0.2) is 0 Å². The molecule has 1 rings (SSSR count). The normalized spacial score (nSPS) is 35.7. The summed E-state index contributed by atoms with van der Waals surface area (Å²) in [5.41, 5.74) is 0. The molecule has 1 heterocycles. The largest absolute Gasteiger partial charge is 0.481 e. The number of esters is 1. The molecule has 238 valence electrons. The lowest BCUT2D eigenvalue weighted by atomic mass is 9.90. The van der Waals surface area contributed by atoms with Crippen LogP contribution in [0.2, 0.25) is 0 Å². The lowest BCUT2D eigenvalue weighted by Crippen LogP contribution is -2.39. The number of carbonyl (C=O) groups is 2. The Labute approximate surface area is 249 Å². The summed E-state index contributed by atoms with van der Waals surface area (Å²) in [6, 6.07) is 0. The van der Waals surface area contributed by atoms with E-state index in [1.165, 1.54) is 12.2 Å². The molecule has 0 aliphatic carbocycles. The third-order valence-corrected chi connectivity index (χ3v) is 7.46. The topological polar surface area (TPSA) is 185 Å². The van der Waals surface area contributed by atoms with E-state index in [1.54, 1.807) is 50.3 Å². The van der Waals surface area contributed by atoms with Crippen LogP contribution in [-0.2, 0) is 14.3 Å². The number of carboxylic acid groups (broad SMARTS) is 1. The van der Waals surface area contributed by atoms with Gasteiger partial charge in [0.15, 0.2) is 0 Å². The molecule has 10 atom stereocenters. The van der Waals surface area contributed by atoms with E-state index in [1.807, 2.05) is 19.1 Å². The second kappa shape index (κ2) is 20.3. The standard InChI is InChI=1S/C32H50O10/c1-4-26-28(37)20-25(35)18-23(33)15-13-16-24(34)19-29(38)30(31(39)40)27(36)17-12-10-8-6-5-7-9-11-14-21(2)22(3)42-32(26)41/h5-12,14,17,21-30,33-38H,4,13,15-16,18-20H2,1-3H3,(H,39,40). The maximum atomic E-state index is 12.8. The first-order chi connectivity index (χ1) is 19.9. The molecule has 10 heteroatoms. The van der Waals surface area contributed by atoms with Crippen molar-refractivity contribution in [1.82, 2.24) is 0 Å². The number of cyclic esters (lactones) is 1. The number of hydrogen-bond donors (Lipinski definition) is 7. The highest BCUT2D eigenvalue weighted by atomic mass is 16.5. The lowest BCUT2D eigenvalue weighted by Gasteiger charge is -2.26. The van der Waals surface area contributed by atoms with Crippen LogP contribution in [0.5, 0.6) is 0 Å². The predicted molar refractivity (Wildman–Crippen MR) is 159 cm³/mol. The number of carbonyl (C=O) groups excluding carboxylic acids is 1. The fourth-order valence-electron chi connectivity index (χ4n) is 4.69. The highest BCUT2D eigenvalue weighted by Gasteiger charge is 2.34. The van der Waals surface area contributed by atoms with E-state index >= 15 is 0 Å². The summed E-state index contributed by atoms with van der Waals surface area (Å²) in [7, 11) is 0. The Bertz CT molecular complexity index is 940. The van der Waals surface area contributed by atoms with Crippen molar-refractivity contribution in [3.63, 3.8) is 0 Å². The van der Waals surface area contributed by atoms with Gasteiger partial charge in [-0.1, -0.05) is 74.6 Å². The highest BCUT2D eigenvalue weighted by Crippen LogP contribution is 2.22. The Morgan fingerprint density at radius 3 is 1.81 bits per heavy atom. The molecule has 0 saturated heterocycles. The second-order valence-electron chi connectivity index (χ2n) is 11.0. The molecule has 42 heavy (non-hydrogen) atoms. The van der Waals surface area contributed by atoms with Crippen LogP contribution >= 0.6 is 0 Å². The number of aliphatic carboxylic acids is 1. The van der Waals surface area contributed by atoms with Crippen molar-refractivity contribution in [2.75, 3.05) is 0 Å². The molecule has 0 amide bonds. The van der Waals surface area contributed by atoms with Crippen LogP contribution in [0.15, 0.2) is 60.8 Å². The minimum absolute atomic E-state index is 0.0454. The molecule has 0 aromatic rings. The van der Waals surface area contributed by atoms with Crippen molar-refractivity contribution in [2.24, 2.45) is 17.8 Å². The fourth-order valence-corrected chi connectivity index (χ4v) is 4.69. The van der Waals surface area contributed by atoms with Gasteiger partial charge < -0.3 is 40.5 Å². The summed E-state index contributed by atoms with van der Waals surface area (Å²) in [4.78, 5) is 24.5. The van der Waals surface area contributed by atoms with Gasteiger partial charge in [0.2, 0.25) is 0 Å². The Morgan fingerprint density at radius 2 is 1.26 bits per heavy atom. The molecule has 10 unspecified atom stereocenters. The molecule has 0 aromatic heterocycles. The van der Waals surface area contributed by atoms with Crippen LogP contribution < -0.4 is 0 Å². The smallest absolute Gasteiger partial charge is 0.312 e. The van der Waals surface area contributed by atoms with Gasteiger partial charge in [0.05, 0.1) is 42.5 Å². The number of hydrogen-bond acceptors (Lipinski definition) is 9. The van der Waals surface area contributed by atoms with Crippen LogP contribution in [0.25, 0.3) is 0 Å².